The van der Waals surface area contributed by atoms with Gasteiger partial charge in [-0.2, -0.15) is 0 Å². The standard InChI is InChI=1S/C25H24N4O6/c1-15-4-5-20(28-24(32)34-21-10-6-18(7-11-21)26-16(2)30)14-23(15)29-25(33)35-22-12-8-19(9-13-22)27-17(3)31/h4-14H,1-3H3,(H,26,30)(H,27,31)(H,28,32)(H,29,33). The number of anilines is 4. The highest BCUT2D eigenvalue weighted by atomic mass is 16.6. The third kappa shape index (κ3) is 7.90. The molecule has 0 aliphatic carbocycles. The minimum Gasteiger partial charge on any atom is -0.410 e. The van der Waals surface area contributed by atoms with E-state index in [1.54, 1.807) is 73.7 Å². The van der Waals surface area contributed by atoms with Crippen LogP contribution in [-0.2, 0) is 9.59 Å². The molecule has 3 aromatic rings. The summed E-state index contributed by atoms with van der Waals surface area (Å²) in [6, 6.07) is 17.6. The molecule has 3 rings (SSSR count). The van der Waals surface area contributed by atoms with Crippen molar-refractivity contribution in [2.24, 2.45) is 0 Å². The minimum absolute atomic E-state index is 0.205. The van der Waals surface area contributed by atoms with Crippen LogP contribution in [0, 0.1) is 6.92 Å². The number of amides is 4. The summed E-state index contributed by atoms with van der Waals surface area (Å²) in [5.74, 6) is 0.167. The third-order valence-electron chi connectivity index (χ3n) is 4.49. The Morgan fingerprint density at radius 3 is 1.46 bits per heavy atom. The Morgan fingerprint density at radius 2 is 1.00 bits per heavy atom. The van der Waals surface area contributed by atoms with Crippen molar-refractivity contribution in [1.29, 1.82) is 0 Å². The number of rotatable bonds is 6. The summed E-state index contributed by atoms with van der Waals surface area (Å²) in [5.41, 5.74) is 2.73. The smallest absolute Gasteiger partial charge is 0.410 e. The first-order valence-corrected chi connectivity index (χ1v) is 10.5. The van der Waals surface area contributed by atoms with E-state index in [0.29, 0.717) is 22.7 Å². The molecule has 180 valence electrons. The van der Waals surface area contributed by atoms with Crippen molar-refractivity contribution in [2.45, 2.75) is 20.8 Å². The molecule has 4 amide bonds. The zero-order valence-electron chi connectivity index (χ0n) is 19.3. The second-order valence-electron chi connectivity index (χ2n) is 7.47. The number of ether oxygens (including phenoxy) is 2. The summed E-state index contributed by atoms with van der Waals surface area (Å²) >= 11 is 0. The number of aryl methyl sites for hydroxylation is 1. The molecule has 10 nitrogen and oxygen atoms in total. The predicted octanol–water partition coefficient (Wildman–Crippen LogP) is 5.13. The van der Waals surface area contributed by atoms with Crippen molar-refractivity contribution < 1.29 is 28.7 Å². The van der Waals surface area contributed by atoms with Gasteiger partial charge in [-0.3, -0.25) is 20.2 Å². The summed E-state index contributed by atoms with van der Waals surface area (Å²) in [6.45, 7) is 4.58. The van der Waals surface area contributed by atoms with E-state index in [4.69, 9.17) is 9.47 Å². The Kier molecular flexibility index (Phi) is 8.02. The van der Waals surface area contributed by atoms with Gasteiger partial charge in [-0.15, -0.1) is 0 Å². The fourth-order valence-corrected chi connectivity index (χ4v) is 2.95. The van der Waals surface area contributed by atoms with E-state index in [1.165, 1.54) is 13.8 Å². The number of nitrogens with one attached hydrogen (secondary N) is 4. The van der Waals surface area contributed by atoms with Crippen molar-refractivity contribution in [2.75, 3.05) is 21.3 Å². The summed E-state index contributed by atoms with van der Waals surface area (Å²) in [7, 11) is 0. The van der Waals surface area contributed by atoms with Gasteiger partial charge in [0.05, 0.1) is 0 Å². The number of carbonyl (C=O) groups is 4. The van der Waals surface area contributed by atoms with Gasteiger partial charge in [-0.25, -0.2) is 9.59 Å². The minimum atomic E-state index is -0.728. The van der Waals surface area contributed by atoms with Gasteiger partial charge in [0.25, 0.3) is 0 Å². The molecule has 35 heavy (non-hydrogen) atoms. The first kappa shape index (κ1) is 24.8. The van der Waals surface area contributed by atoms with E-state index in [0.717, 1.165) is 5.56 Å². The van der Waals surface area contributed by atoms with Gasteiger partial charge in [-0.05, 0) is 73.2 Å². The average Bonchev–Trinajstić information content (AvgIpc) is 2.78. The molecule has 10 heteroatoms. The van der Waals surface area contributed by atoms with E-state index in [-0.39, 0.29) is 23.3 Å². The molecular formula is C25H24N4O6. The third-order valence-corrected chi connectivity index (χ3v) is 4.49. The zero-order chi connectivity index (χ0) is 25.4. The van der Waals surface area contributed by atoms with Crippen LogP contribution in [0.25, 0.3) is 0 Å². The van der Waals surface area contributed by atoms with Crippen molar-refractivity contribution in [3.05, 3.63) is 72.3 Å². The molecule has 0 spiro atoms. The van der Waals surface area contributed by atoms with E-state index in [9.17, 15) is 19.2 Å². The van der Waals surface area contributed by atoms with Crippen LogP contribution in [0.1, 0.15) is 19.4 Å². The Labute approximate surface area is 201 Å². The number of benzene rings is 3. The van der Waals surface area contributed by atoms with E-state index in [2.05, 4.69) is 21.3 Å². The summed E-state index contributed by atoms with van der Waals surface area (Å²) in [6.07, 6.45) is -1.45. The lowest BCUT2D eigenvalue weighted by Crippen LogP contribution is -2.19. The van der Waals surface area contributed by atoms with Crippen molar-refractivity contribution in [1.82, 2.24) is 0 Å². The van der Waals surface area contributed by atoms with Crippen LogP contribution in [0.4, 0.5) is 32.3 Å². The maximum Gasteiger partial charge on any atom is 0.417 e. The van der Waals surface area contributed by atoms with Gasteiger partial charge < -0.3 is 20.1 Å². The SMILES string of the molecule is CC(=O)Nc1ccc(OC(=O)Nc2ccc(C)c(NC(=O)Oc3ccc(NC(C)=O)cc3)c2)cc1. The molecule has 0 radical (unpaired) electrons. The van der Waals surface area contributed by atoms with E-state index in [1.807, 2.05) is 0 Å². The molecule has 0 saturated carbocycles. The van der Waals surface area contributed by atoms with E-state index >= 15 is 0 Å². The van der Waals surface area contributed by atoms with Crippen LogP contribution in [0.2, 0.25) is 0 Å². The maximum absolute atomic E-state index is 12.3. The van der Waals surface area contributed by atoms with Gasteiger partial charge in [0.15, 0.2) is 0 Å². The monoisotopic (exact) mass is 476 g/mol. The molecule has 0 atom stereocenters. The highest BCUT2D eigenvalue weighted by Gasteiger charge is 2.11. The van der Waals surface area contributed by atoms with Gasteiger partial charge in [0, 0.05) is 36.6 Å². The molecule has 3 aromatic carbocycles. The lowest BCUT2D eigenvalue weighted by Gasteiger charge is -2.12. The lowest BCUT2D eigenvalue weighted by molar-refractivity contribution is -0.115. The first-order valence-electron chi connectivity index (χ1n) is 10.5. The average molecular weight is 476 g/mol. The molecule has 0 saturated heterocycles. The van der Waals surface area contributed by atoms with Gasteiger partial charge in [0.1, 0.15) is 11.5 Å². The fourth-order valence-electron chi connectivity index (χ4n) is 2.95. The number of hydrogen-bond acceptors (Lipinski definition) is 6. The normalized spacial score (nSPS) is 10.0. The summed E-state index contributed by atoms with van der Waals surface area (Å²) in [5, 5.41) is 10.5. The molecule has 0 bridgehead atoms. The second-order valence-corrected chi connectivity index (χ2v) is 7.47. The van der Waals surface area contributed by atoms with E-state index < -0.39 is 12.2 Å². The Balaban J connectivity index is 1.57. The molecule has 0 aliphatic heterocycles. The molecular weight excluding hydrogens is 452 g/mol. The highest BCUT2D eigenvalue weighted by Crippen LogP contribution is 2.23. The van der Waals surface area contributed by atoms with Crippen LogP contribution >= 0.6 is 0 Å². The van der Waals surface area contributed by atoms with Gasteiger partial charge in [-0.1, -0.05) is 6.07 Å². The number of hydrogen-bond donors (Lipinski definition) is 4. The molecule has 0 fully saturated rings. The van der Waals surface area contributed by atoms with Gasteiger partial charge >= 0.3 is 12.2 Å². The van der Waals surface area contributed by atoms with Gasteiger partial charge in [0.2, 0.25) is 11.8 Å². The topological polar surface area (TPSA) is 135 Å². The quantitative estimate of drug-likeness (QED) is 0.389. The van der Waals surface area contributed by atoms with Crippen LogP contribution in [-0.4, -0.2) is 24.0 Å². The molecule has 0 heterocycles. The molecule has 4 N–H and O–H groups in total. The van der Waals surface area contributed by atoms with Crippen molar-refractivity contribution >= 4 is 46.8 Å². The fraction of sp³-hybridized carbons (Fsp3) is 0.120. The van der Waals surface area contributed by atoms with Crippen LogP contribution in [0.3, 0.4) is 0 Å². The van der Waals surface area contributed by atoms with Crippen molar-refractivity contribution in [3.63, 3.8) is 0 Å². The lowest BCUT2D eigenvalue weighted by atomic mass is 10.2. The van der Waals surface area contributed by atoms with Crippen molar-refractivity contribution in [3.8, 4) is 11.5 Å². The Hall–Kier alpha value is -4.86. The first-order chi connectivity index (χ1) is 16.7. The molecule has 0 unspecified atom stereocenters. The van der Waals surface area contributed by atoms with Crippen LogP contribution in [0.15, 0.2) is 66.7 Å². The number of carbonyl (C=O) groups excluding carboxylic acids is 4. The maximum atomic E-state index is 12.3. The Morgan fingerprint density at radius 1 is 0.571 bits per heavy atom. The molecule has 0 aliphatic rings. The van der Waals surface area contributed by atoms with Crippen LogP contribution < -0.4 is 30.7 Å². The predicted molar refractivity (Wildman–Crippen MR) is 132 cm³/mol. The molecule has 0 aromatic heterocycles. The second kappa shape index (κ2) is 11.3. The summed E-state index contributed by atoms with van der Waals surface area (Å²) in [4.78, 5) is 46.7. The largest absolute Gasteiger partial charge is 0.417 e. The van der Waals surface area contributed by atoms with Crippen LogP contribution in [0.5, 0.6) is 11.5 Å². The summed E-state index contributed by atoms with van der Waals surface area (Å²) < 4.78 is 10.5. The highest BCUT2D eigenvalue weighted by molar-refractivity contribution is 5.92. The Bertz CT molecular complexity index is 1240. The zero-order valence-corrected chi connectivity index (χ0v) is 19.3.